The lowest BCUT2D eigenvalue weighted by Gasteiger charge is -2.16. The van der Waals surface area contributed by atoms with E-state index < -0.39 is 9.84 Å². The SMILES string of the molecule is CC(C)CCCNCCN(C)CCS(C)(=O)=O. The van der Waals surface area contributed by atoms with Crippen LogP contribution in [0.15, 0.2) is 0 Å². The van der Waals surface area contributed by atoms with Crippen molar-refractivity contribution in [1.29, 1.82) is 0 Å². The molecule has 0 amide bonds. The fraction of sp³-hybridized carbons (Fsp3) is 1.00. The van der Waals surface area contributed by atoms with E-state index >= 15 is 0 Å². The Hall–Kier alpha value is -0.130. The van der Waals surface area contributed by atoms with Gasteiger partial charge in [0.25, 0.3) is 0 Å². The van der Waals surface area contributed by atoms with Gasteiger partial charge in [0, 0.05) is 25.9 Å². The van der Waals surface area contributed by atoms with Gasteiger partial charge >= 0.3 is 0 Å². The summed E-state index contributed by atoms with van der Waals surface area (Å²) in [5, 5.41) is 3.38. The third kappa shape index (κ3) is 13.8. The van der Waals surface area contributed by atoms with Crippen molar-refractivity contribution in [3.63, 3.8) is 0 Å². The minimum Gasteiger partial charge on any atom is -0.315 e. The summed E-state index contributed by atoms with van der Waals surface area (Å²) in [6.45, 7) is 7.97. The van der Waals surface area contributed by atoms with Gasteiger partial charge in [0.05, 0.1) is 5.75 Å². The Morgan fingerprint density at radius 1 is 1.18 bits per heavy atom. The smallest absolute Gasteiger partial charge is 0.148 e. The molecule has 0 aliphatic carbocycles. The predicted molar refractivity (Wildman–Crippen MR) is 74.1 cm³/mol. The van der Waals surface area contributed by atoms with Gasteiger partial charge in [-0.1, -0.05) is 13.8 Å². The summed E-state index contributed by atoms with van der Waals surface area (Å²) in [7, 11) is -0.871. The largest absolute Gasteiger partial charge is 0.315 e. The molecule has 0 spiro atoms. The molecule has 0 aliphatic rings. The van der Waals surface area contributed by atoms with E-state index in [2.05, 4.69) is 24.1 Å². The van der Waals surface area contributed by atoms with Crippen molar-refractivity contribution in [1.82, 2.24) is 10.2 Å². The first kappa shape index (κ1) is 16.9. The van der Waals surface area contributed by atoms with Crippen molar-refractivity contribution in [2.75, 3.05) is 45.2 Å². The topological polar surface area (TPSA) is 49.4 Å². The van der Waals surface area contributed by atoms with Crippen LogP contribution in [0.25, 0.3) is 0 Å². The van der Waals surface area contributed by atoms with Crippen LogP contribution in [0, 0.1) is 5.92 Å². The highest BCUT2D eigenvalue weighted by molar-refractivity contribution is 7.90. The summed E-state index contributed by atoms with van der Waals surface area (Å²) in [5.74, 6) is 1.02. The van der Waals surface area contributed by atoms with Crippen LogP contribution >= 0.6 is 0 Å². The van der Waals surface area contributed by atoms with Crippen LogP contribution in [-0.2, 0) is 9.84 Å². The maximum absolute atomic E-state index is 11.0. The van der Waals surface area contributed by atoms with Gasteiger partial charge in [0.1, 0.15) is 9.84 Å². The zero-order valence-electron chi connectivity index (χ0n) is 11.7. The second kappa shape index (κ2) is 8.89. The average Bonchev–Trinajstić information content (AvgIpc) is 2.19. The van der Waals surface area contributed by atoms with Gasteiger partial charge in [-0.25, -0.2) is 8.42 Å². The lowest BCUT2D eigenvalue weighted by Crippen LogP contribution is -2.32. The molecule has 1 N–H and O–H groups in total. The molecular formula is C12H28N2O2S. The number of nitrogens with one attached hydrogen (secondary N) is 1. The standard InChI is InChI=1S/C12H28N2O2S/c1-12(2)6-5-7-13-8-9-14(3)10-11-17(4,15)16/h12-13H,5-11H2,1-4H3. The summed E-state index contributed by atoms with van der Waals surface area (Å²) in [6, 6.07) is 0. The Morgan fingerprint density at radius 2 is 1.82 bits per heavy atom. The Kier molecular flexibility index (Phi) is 8.82. The molecule has 0 rings (SSSR count). The second-order valence-corrected chi connectivity index (χ2v) is 7.48. The summed E-state index contributed by atoms with van der Waals surface area (Å²) in [5.41, 5.74) is 0. The fourth-order valence-electron chi connectivity index (χ4n) is 1.46. The van der Waals surface area contributed by atoms with Gasteiger partial charge in [0.2, 0.25) is 0 Å². The second-order valence-electron chi connectivity index (χ2n) is 5.22. The third-order valence-electron chi connectivity index (χ3n) is 2.65. The molecular weight excluding hydrogens is 236 g/mol. The van der Waals surface area contributed by atoms with Crippen molar-refractivity contribution in [2.45, 2.75) is 26.7 Å². The minimum atomic E-state index is -2.83. The molecule has 0 unspecified atom stereocenters. The summed E-state index contributed by atoms with van der Waals surface area (Å²) < 4.78 is 21.9. The molecule has 0 aromatic carbocycles. The highest BCUT2D eigenvalue weighted by Gasteiger charge is 2.04. The molecule has 17 heavy (non-hydrogen) atoms. The van der Waals surface area contributed by atoms with Gasteiger partial charge in [-0.15, -0.1) is 0 Å². The minimum absolute atomic E-state index is 0.247. The molecule has 0 atom stereocenters. The van der Waals surface area contributed by atoms with Crippen LogP contribution in [0.5, 0.6) is 0 Å². The molecule has 0 saturated carbocycles. The number of rotatable bonds is 10. The van der Waals surface area contributed by atoms with Crippen molar-refractivity contribution in [3.05, 3.63) is 0 Å². The van der Waals surface area contributed by atoms with Crippen LogP contribution in [0.3, 0.4) is 0 Å². The molecule has 0 heterocycles. The number of sulfone groups is 1. The number of likely N-dealkylation sites (N-methyl/N-ethyl adjacent to an activating group) is 1. The van der Waals surface area contributed by atoms with Crippen molar-refractivity contribution in [2.24, 2.45) is 5.92 Å². The lowest BCUT2D eigenvalue weighted by atomic mass is 10.1. The zero-order chi connectivity index (χ0) is 13.3. The number of nitrogens with zero attached hydrogens (tertiary/aromatic N) is 1. The van der Waals surface area contributed by atoms with Crippen molar-refractivity contribution in [3.8, 4) is 0 Å². The van der Waals surface area contributed by atoms with E-state index in [1.54, 1.807) is 0 Å². The van der Waals surface area contributed by atoms with Gasteiger partial charge in [-0.3, -0.25) is 0 Å². The molecule has 104 valence electrons. The van der Waals surface area contributed by atoms with Crippen LogP contribution < -0.4 is 5.32 Å². The molecule has 0 saturated heterocycles. The summed E-state index contributed by atoms with van der Waals surface area (Å²) in [4.78, 5) is 2.05. The highest BCUT2D eigenvalue weighted by Crippen LogP contribution is 2.01. The van der Waals surface area contributed by atoms with Gasteiger partial charge in [0.15, 0.2) is 0 Å². The van der Waals surface area contributed by atoms with Crippen molar-refractivity contribution >= 4 is 9.84 Å². The number of hydrogen-bond acceptors (Lipinski definition) is 4. The molecule has 4 nitrogen and oxygen atoms in total. The monoisotopic (exact) mass is 264 g/mol. The van der Waals surface area contributed by atoms with Gasteiger partial charge < -0.3 is 10.2 Å². The quantitative estimate of drug-likeness (QED) is 0.598. The molecule has 0 bridgehead atoms. The Bertz CT molecular complexity index is 276. The average molecular weight is 264 g/mol. The van der Waals surface area contributed by atoms with E-state index in [0.29, 0.717) is 6.54 Å². The maximum atomic E-state index is 11.0. The predicted octanol–water partition coefficient (Wildman–Crippen LogP) is 0.989. The van der Waals surface area contributed by atoms with E-state index in [1.807, 2.05) is 7.05 Å². The zero-order valence-corrected chi connectivity index (χ0v) is 12.5. The van der Waals surface area contributed by atoms with Gasteiger partial charge in [-0.2, -0.15) is 0 Å². The normalized spacial score (nSPS) is 12.6. The van der Waals surface area contributed by atoms with E-state index in [-0.39, 0.29) is 5.75 Å². The number of hydrogen-bond donors (Lipinski definition) is 1. The summed E-state index contributed by atoms with van der Waals surface area (Å²) >= 11 is 0. The van der Waals surface area contributed by atoms with Crippen LogP contribution in [-0.4, -0.2) is 58.6 Å². The fourth-order valence-corrected chi connectivity index (χ4v) is 2.11. The first-order valence-corrected chi connectivity index (χ1v) is 8.44. The Labute approximate surface area is 107 Å². The highest BCUT2D eigenvalue weighted by atomic mass is 32.2. The molecule has 0 aromatic heterocycles. The molecule has 0 aromatic rings. The molecule has 0 radical (unpaired) electrons. The van der Waals surface area contributed by atoms with Crippen LogP contribution in [0.4, 0.5) is 0 Å². The molecule has 0 fully saturated rings. The molecule has 5 heteroatoms. The Morgan fingerprint density at radius 3 is 2.35 bits per heavy atom. The maximum Gasteiger partial charge on any atom is 0.148 e. The van der Waals surface area contributed by atoms with E-state index in [0.717, 1.165) is 25.6 Å². The van der Waals surface area contributed by atoms with Crippen LogP contribution in [0.2, 0.25) is 0 Å². The summed E-state index contributed by atoms with van der Waals surface area (Å²) in [6.07, 6.45) is 3.76. The Balaban J connectivity index is 3.36. The first-order chi connectivity index (χ1) is 7.81. The van der Waals surface area contributed by atoms with E-state index in [9.17, 15) is 8.42 Å². The third-order valence-corrected chi connectivity index (χ3v) is 3.57. The van der Waals surface area contributed by atoms with Crippen molar-refractivity contribution < 1.29 is 8.42 Å². The molecule has 0 aliphatic heterocycles. The van der Waals surface area contributed by atoms with E-state index in [4.69, 9.17) is 0 Å². The van der Waals surface area contributed by atoms with Crippen LogP contribution in [0.1, 0.15) is 26.7 Å². The lowest BCUT2D eigenvalue weighted by molar-refractivity contribution is 0.348. The van der Waals surface area contributed by atoms with Gasteiger partial charge in [-0.05, 0) is 32.4 Å². The first-order valence-electron chi connectivity index (χ1n) is 6.38. The van der Waals surface area contributed by atoms with E-state index in [1.165, 1.54) is 19.1 Å².